The third-order valence-electron chi connectivity index (χ3n) is 6.73. The number of carbonyl (C=O) groups excluding carboxylic acids is 2. The number of nitrogens with zero attached hydrogens (tertiary/aromatic N) is 1. The molecule has 3 aromatic rings. The Morgan fingerprint density at radius 2 is 1.62 bits per heavy atom. The second-order valence-corrected chi connectivity index (χ2v) is 9.69. The van der Waals surface area contributed by atoms with Crippen LogP contribution in [0.2, 0.25) is 0 Å². The highest BCUT2D eigenvalue weighted by molar-refractivity contribution is 6.51. The van der Waals surface area contributed by atoms with Crippen LogP contribution in [-0.2, 0) is 9.59 Å². The fraction of sp³-hybridized carbons (Fsp3) is 0.312. The first-order valence-electron chi connectivity index (χ1n) is 13.2. The Morgan fingerprint density at radius 3 is 2.26 bits per heavy atom. The number of methoxy groups -OCH3 is 1. The minimum Gasteiger partial charge on any atom is -0.507 e. The summed E-state index contributed by atoms with van der Waals surface area (Å²) in [5, 5.41) is 11.6. The lowest BCUT2D eigenvalue weighted by Gasteiger charge is -2.26. The number of ketones is 1. The average Bonchev–Trinajstić information content (AvgIpc) is 3.18. The highest BCUT2D eigenvalue weighted by atomic mass is 16.5. The Morgan fingerprint density at radius 1 is 0.923 bits per heavy atom. The molecule has 0 saturated carbocycles. The molecular formula is C32H35NO6. The molecule has 39 heavy (non-hydrogen) atoms. The summed E-state index contributed by atoms with van der Waals surface area (Å²) in [6.45, 7) is 10.7. The van der Waals surface area contributed by atoms with Gasteiger partial charge in [-0.25, -0.2) is 0 Å². The molecule has 0 radical (unpaired) electrons. The monoisotopic (exact) mass is 529 g/mol. The number of carbonyl (C=O) groups is 2. The molecule has 204 valence electrons. The summed E-state index contributed by atoms with van der Waals surface area (Å²) in [6, 6.07) is 17.1. The summed E-state index contributed by atoms with van der Waals surface area (Å²) in [5.74, 6) is 0.130. The molecule has 0 spiro atoms. The van der Waals surface area contributed by atoms with Crippen molar-refractivity contribution in [3.63, 3.8) is 0 Å². The summed E-state index contributed by atoms with van der Waals surface area (Å²) in [5.41, 5.74) is 3.45. The Kier molecular flexibility index (Phi) is 8.29. The number of aliphatic hydroxyl groups excluding tert-OH is 1. The van der Waals surface area contributed by atoms with Crippen LogP contribution in [0.1, 0.15) is 61.9 Å². The maximum absolute atomic E-state index is 13.6. The minimum atomic E-state index is -0.883. The van der Waals surface area contributed by atoms with Gasteiger partial charge in [0.2, 0.25) is 0 Å². The number of hydrogen-bond donors (Lipinski definition) is 1. The number of Topliss-reactive ketones (excluding diaryl/α,β-unsaturated/α-hetero) is 1. The first-order valence-corrected chi connectivity index (χ1v) is 13.2. The van der Waals surface area contributed by atoms with Crippen molar-refractivity contribution in [2.75, 3.05) is 25.2 Å². The summed E-state index contributed by atoms with van der Waals surface area (Å²) in [6.07, 6.45) is 0. The smallest absolute Gasteiger partial charge is 0.300 e. The average molecular weight is 530 g/mol. The first kappa shape index (κ1) is 27.8. The topological polar surface area (TPSA) is 85.3 Å². The van der Waals surface area contributed by atoms with E-state index in [1.807, 2.05) is 58.9 Å². The van der Waals surface area contributed by atoms with Crippen LogP contribution in [0.5, 0.6) is 17.2 Å². The van der Waals surface area contributed by atoms with Gasteiger partial charge in [0.25, 0.3) is 11.7 Å². The van der Waals surface area contributed by atoms with Gasteiger partial charge in [0.15, 0.2) is 11.5 Å². The van der Waals surface area contributed by atoms with Crippen molar-refractivity contribution in [3.8, 4) is 17.2 Å². The maximum atomic E-state index is 13.6. The molecule has 7 nitrogen and oxygen atoms in total. The van der Waals surface area contributed by atoms with Gasteiger partial charge in [-0.1, -0.05) is 32.0 Å². The zero-order valence-corrected chi connectivity index (χ0v) is 23.3. The Balaban J connectivity index is 1.97. The van der Waals surface area contributed by atoms with E-state index in [2.05, 4.69) is 0 Å². The van der Waals surface area contributed by atoms with E-state index in [1.165, 1.54) is 4.90 Å². The van der Waals surface area contributed by atoms with Gasteiger partial charge in [0.1, 0.15) is 11.5 Å². The molecule has 4 rings (SSSR count). The molecule has 1 amide bonds. The molecule has 3 aromatic carbocycles. The van der Waals surface area contributed by atoms with Crippen LogP contribution < -0.4 is 19.1 Å². The molecular weight excluding hydrogens is 494 g/mol. The molecule has 1 aliphatic heterocycles. The van der Waals surface area contributed by atoms with Crippen LogP contribution in [0.4, 0.5) is 5.69 Å². The lowest BCUT2D eigenvalue weighted by atomic mass is 9.93. The van der Waals surface area contributed by atoms with E-state index >= 15 is 0 Å². The standard InChI is InChI=1S/C32H35NO6/c1-7-38-25-14-13-22(17-24(25)19(3)4)30(34)28-29(21-12-15-26(37-6)27(18-21)39-8-2)33(32(36)31(28)35)23-11-9-10-20(5)16-23/h9-19,29,34H,7-8H2,1-6H3/b30-28+. The zero-order chi connectivity index (χ0) is 28.3. The molecule has 1 N–H and O–H groups in total. The SMILES string of the molecule is CCOc1cc(C2/C(=C(\O)c3ccc(OCC)c(C(C)C)c3)C(=O)C(=O)N2c2cccc(C)c2)ccc1OC. The number of aliphatic hydroxyl groups is 1. The van der Waals surface area contributed by atoms with Crippen LogP contribution in [0.3, 0.4) is 0 Å². The van der Waals surface area contributed by atoms with E-state index in [1.54, 1.807) is 43.5 Å². The summed E-state index contributed by atoms with van der Waals surface area (Å²) in [7, 11) is 1.55. The number of aryl methyl sites for hydroxylation is 1. The van der Waals surface area contributed by atoms with Crippen molar-refractivity contribution in [1.82, 2.24) is 0 Å². The predicted octanol–water partition coefficient (Wildman–Crippen LogP) is 6.55. The van der Waals surface area contributed by atoms with E-state index in [4.69, 9.17) is 14.2 Å². The molecule has 7 heteroatoms. The molecule has 1 aliphatic rings. The van der Waals surface area contributed by atoms with Crippen molar-refractivity contribution in [3.05, 3.63) is 88.5 Å². The van der Waals surface area contributed by atoms with Gasteiger partial charge in [-0.15, -0.1) is 0 Å². The van der Waals surface area contributed by atoms with E-state index in [0.29, 0.717) is 41.5 Å². The first-order chi connectivity index (χ1) is 18.7. The number of amides is 1. The third-order valence-corrected chi connectivity index (χ3v) is 6.73. The van der Waals surface area contributed by atoms with Crippen molar-refractivity contribution < 1.29 is 28.9 Å². The van der Waals surface area contributed by atoms with Gasteiger partial charge in [-0.05, 0) is 85.8 Å². The number of rotatable bonds is 9. The van der Waals surface area contributed by atoms with Crippen LogP contribution in [0.15, 0.2) is 66.2 Å². The molecule has 0 aromatic heterocycles. The minimum absolute atomic E-state index is 0.00740. The van der Waals surface area contributed by atoms with Gasteiger partial charge in [-0.3, -0.25) is 14.5 Å². The second-order valence-electron chi connectivity index (χ2n) is 9.69. The molecule has 1 heterocycles. The normalized spacial score (nSPS) is 16.6. The second kappa shape index (κ2) is 11.6. The van der Waals surface area contributed by atoms with E-state index < -0.39 is 17.7 Å². The molecule has 1 atom stereocenters. The Labute approximate surface area is 229 Å². The third kappa shape index (κ3) is 5.35. The van der Waals surface area contributed by atoms with Gasteiger partial charge < -0.3 is 19.3 Å². The summed E-state index contributed by atoms with van der Waals surface area (Å²) < 4.78 is 17.0. The Hall–Kier alpha value is -4.26. The number of anilines is 1. The van der Waals surface area contributed by atoms with Crippen LogP contribution in [-0.4, -0.2) is 37.1 Å². The molecule has 0 bridgehead atoms. The largest absolute Gasteiger partial charge is 0.507 e. The maximum Gasteiger partial charge on any atom is 0.300 e. The molecule has 1 fully saturated rings. The lowest BCUT2D eigenvalue weighted by Crippen LogP contribution is -2.29. The molecule has 1 saturated heterocycles. The number of ether oxygens (including phenoxy) is 3. The van der Waals surface area contributed by atoms with Gasteiger partial charge in [0, 0.05) is 11.3 Å². The quantitative estimate of drug-likeness (QED) is 0.192. The van der Waals surface area contributed by atoms with Crippen LogP contribution in [0, 0.1) is 6.92 Å². The van der Waals surface area contributed by atoms with Crippen molar-refractivity contribution >= 4 is 23.1 Å². The van der Waals surface area contributed by atoms with E-state index in [-0.39, 0.29) is 17.3 Å². The number of benzene rings is 3. The zero-order valence-electron chi connectivity index (χ0n) is 23.3. The predicted molar refractivity (Wildman–Crippen MR) is 152 cm³/mol. The van der Waals surface area contributed by atoms with Crippen LogP contribution in [0.25, 0.3) is 5.76 Å². The van der Waals surface area contributed by atoms with E-state index in [9.17, 15) is 14.7 Å². The van der Waals surface area contributed by atoms with Gasteiger partial charge in [0.05, 0.1) is 31.9 Å². The summed E-state index contributed by atoms with van der Waals surface area (Å²) >= 11 is 0. The Bertz CT molecular complexity index is 1420. The van der Waals surface area contributed by atoms with Crippen molar-refractivity contribution in [2.24, 2.45) is 0 Å². The summed E-state index contributed by atoms with van der Waals surface area (Å²) in [4.78, 5) is 28.6. The lowest BCUT2D eigenvalue weighted by molar-refractivity contribution is -0.132. The fourth-order valence-electron chi connectivity index (χ4n) is 4.91. The van der Waals surface area contributed by atoms with Crippen LogP contribution >= 0.6 is 0 Å². The van der Waals surface area contributed by atoms with Crippen molar-refractivity contribution in [2.45, 2.75) is 46.6 Å². The van der Waals surface area contributed by atoms with Gasteiger partial charge >= 0.3 is 0 Å². The molecule has 1 unspecified atom stereocenters. The van der Waals surface area contributed by atoms with Crippen molar-refractivity contribution in [1.29, 1.82) is 0 Å². The van der Waals surface area contributed by atoms with Gasteiger partial charge in [-0.2, -0.15) is 0 Å². The highest BCUT2D eigenvalue weighted by Crippen LogP contribution is 2.44. The molecule has 0 aliphatic carbocycles. The van der Waals surface area contributed by atoms with E-state index in [0.717, 1.165) is 16.9 Å². The highest BCUT2D eigenvalue weighted by Gasteiger charge is 2.47. The number of hydrogen-bond acceptors (Lipinski definition) is 6. The fourth-order valence-corrected chi connectivity index (χ4v) is 4.91.